The number of ether oxygens (including phenoxy) is 3. The van der Waals surface area contributed by atoms with Crippen molar-refractivity contribution in [2.75, 3.05) is 20.0 Å². The van der Waals surface area contributed by atoms with Crippen LogP contribution in [0.2, 0.25) is 0 Å². The van der Waals surface area contributed by atoms with Crippen LogP contribution in [0.15, 0.2) is 58.5 Å². The third kappa shape index (κ3) is 5.17. The zero-order chi connectivity index (χ0) is 20.8. The molecule has 0 saturated carbocycles. The van der Waals surface area contributed by atoms with Gasteiger partial charge in [-0.2, -0.15) is 0 Å². The van der Waals surface area contributed by atoms with Crippen molar-refractivity contribution in [1.82, 2.24) is 9.97 Å². The molecule has 3 aromatic rings. The van der Waals surface area contributed by atoms with Crippen LogP contribution in [-0.4, -0.2) is 35.7 Å². The SMILES string of the molecule is COc1ccc(Oc2c(C)nc(SCC(=O)c3ccc(OC)cc3)[nH]c2=O)cc1. The molecule has 7 nitrogen and oxygen atoms in total. The number of carbonyl (C=O) groups excluding carboxylic acids is 1. The summed E-state index contributed by atoms with van der Waals surface area (Å²) in [6.45, 7) is 1.68. The lowest BCUT2D eigenvalue weighted by Gasteiger charge is -2.09. The summed E-state index contributed by atoms with van der Waals surface area (Å²) in [6.07, 6.45) is 0. The average Bonchev–Trinajstić information content (AvgIpc) is 2.75. The van der Waals surface area contributed by atoms with Gasteiger partial charge in [-0.15, -0.1) is 0 Å². The Morgan fingerprint density at radius 3 is 2.07 bits per heavy atom. The topological polar surface area (TPSA) is 90.5 Å². The monoisotopic (exact) mass is 412 g/mol. The number of hydrogen-bond acceptors (Lipinski definition) is 7. The second-order valence-corrected chi connectivity index (χ2v) is 6.97. The molecule has 0 bridgehead atoms. The minimum Gasteiger partial charge on any atom is -0.497 e. The highest BCUT2D eigenvalue weighted by Crippen LogP contribution is 2.24. The molecule has 0 atom stereocenters. The van der Waals surface area contributed by atoms with Gasteiger partial charge in [-0.1, -0.05) is 11.8 Å². The number of aromatic nitrogens is 2. The fourth-order valence-electron chi connectivity index (χ4n) is 2.49. The van der Waals surface area contributed by atoms with Gasteiger partial charge in [0.2, 0.25) is 5.75 Å². The molecule has 0 aliphatic carbocycles. The molecule has 0 unspecified atom stereocenters. The second-order valence-electron chi connectivity index (χ2n) is 6.00. The molecular weight excluding hydrogens is 392 g/mol. The molecule has 0 aliphatic rings. The molecule has 0 aliphatic heterocycles. The first-order valence-corrected chi connectivity index (χ1v) is 9.71. The van der Waals surface area contributed by atoms with Crippen molar-refractivity contribution in [1.29, 1.82) is 0 Å². The Bertz CT molecular complexity index is 1050. The highest BCUT2D eigenvalue weighted by Gasteiger charge is 2.13. The molecule has 1 aromatic heterocycles. The summed E-state index contributed by atoms with van der Waals surface area (Å²) in [5, 5.41) is 0.358. The van der Waals surface area contributed by atoms with Gasteiger partial charge in [0.25, 0.3) is 5.56 Å². The predicted octanol–water partition coefficient (Wildman–Crippen LogP) is 3.86. The molecular formula is C21H20N2O5S. The summed E-state index contributed by atoms with van der Waals surface area (Å²) >= 11 is 1.16. The number of benzene rings is 2. The van der Waals surface area contributed by atoms with Crippen molar-refractivity contribution >= 4 is 17.5 Å². The fourth-order valence-corrected chi connectivity index (χ4v) is 3.29. The number of thioether (sulfide) groups is 1. The number of aromatic amines is 1. The molecule has 2 aromatic carbocycles. The van der Waals surface area contributed by atoms with Gasteiger partial charge in [-0.05, 0) is 55.5 Å². The van der Waals surface area contributed by atoms with Crippen molar-refractivity contribution in [3.05, 3.63) is 70.1 Å². The number of H-pyrrole nitrogens is 1. The number of nitrogens with one attached hydrogen (secondary N) is 1. The van der Waals surface area contributed by atoms with Gasteiger partial charge in [-0.3, -0.25) is 14.6 Å². The Morgan fingerprint density at radius 2 is 1.52 bits per heavy atom. The standard InChI is InChI=1S/C21H20N2O5S/c1-13-19(28-17-10-8-16(27-3)9-11-17)20(25)23-21(22-13)29-12-18(24)14-4-6-15(26-2)7-5-14/h4-11H,12H2,1-3H3,(H,22,23,25). The lowest BCUT2D eigenvalue weighted by Crippen LogP contribution is -2.14. The van der Waals surface area contributed by atoms with Crippen LogP contribution in [0.4, 0.5) is 0 Å². The van der Waals surface area contributed by atoms with E-state index in [9.17, 15) is 9.59 Å². The third-order valence-electron chi connectivity index (χ3n) is 4.06. The average molecular weight is 412 g/mol. The molecule has 0 radical (unpaired) electrons. The van der Waals surface area contributed by atoms with E-state index in [0.717, 1.165) is 11.8 Å². The van der Waals surface area contributed by atoms with Crippen LogP contribution < -0.4 is 19.8 Å². The summed E-state index contributed by atoms with van der Waals surface area (Å²) in [7, 11) is 3.14. The molecule has 29 heavy (non-hydrogen) atoms. The normalized spacial score (nSPS) is 10.4. The van der Waals surface area contributed by atoms with Gasteiger partial charge in [0, 0.05) is 5.56 Å². The molecule has 0 saturated heterocycles. The highest BCUT2D eigenvalue weighted by molar-refractivity contribution is 7.99. The third-order valence-corrected chi connectivity index (χ3v) is 4.93. The van der Waals surface area contributed by atoms with Crippen molar-refractivity contribution in [2.45, 2.75) is 12.1 Å². The van der Waals surface area contributed by atoms with Crippen molar-refractivity contribution in [2.24, 2.45) is 0 Å². The number of aryl methyl sites for hydroxylation is 1. The maximum atomic E-state index is 12.4. The van der Waals surface area contributed by atoms with Crippen LogP contribution >= 0.6 is 11.8 Å². The first-order valence-electron chi connectivity index (χ1n) is 8.73. The Hall–Kier alpha value is -3.26. The molecule has 1 heterocycles. The van der Waals surface area contributed by atoms with E-state index in [4.69, 9.17) is 14.2 Å². The maximum Gasteiger partial charge on any atom is 0.294 e. The Balaban J connectivity index is 1.67. The van der Waals surface area contributed by atoms with Crippen LogP contribution in [0.1, 0.15) is 16.1 Å². The van der Waals surface area contributed by atoms with Crippen molar-refractivity contribution in [3.63, 3.8) is 0 Å². The quantitative estimate of drug-likeness (QED) is 0.341. The van der Waals surface area contributed by atoms with E-state index in [0.29, 0.717) is 33.7 Å². The first-order chi connectivity index (χ1) is 14.0. The lowest BCUT2D eigenvalue weighted by atomic mass is 10.1. The van der Waals surface area contributed by atoms with E-state index in [1.807, 2.05) is 0 Å². The van der Waals surface area contributed by atoms with E-state index in [1.54, 1.807) is 69.7 Å². The largest absolute Gasteiger partial charge is 0.497 e. The van der Waals surface area contributed by atoms with E-state index in [1.165, 1.54) is 0 Å². The summed E-state index contributed by atoms with van der Waals surface area (Å²) in [4.78, 5) is 31.7. The molecule has 3 rings (SSSR count). The fraction of sp³-hybridized carbons (Fsp3) is 0.190. The van der Waals surface area contributed by atoms with Gasteiger partial charge in [0.05, 0.1) is 25.7 Å². The van der Waals surface area contributed by atoms with Crippen LogP contribution in [0.5, 0.6) is 23.0 Å². The van der Waals surface area contributed by atoms with Crippen LogP contribution in [0, 0.1) is 6.92 Å². The van der Waals surface area contributed by atoms with Crippen molar-refractivity contribution in [3.8, 4) is 23.0 Å². The lowest BCUT2D eigenvalue weighted by molar-refractivity contribution is 0.102. The van der Waals surface area contributed by atoms with Gasteiger partial charge >= 0.3 is 0 Å². The van der Waals surface area contributed by atoms with Gasteiger partial charge in [0.1, 0.15) is 17.2 Å². The van der Waals surface area contributed by atoms with Crippen LogP contribution in [0.3, 0.4) is 0 Å². The highest BCUT2D eigenvalue weighted by atomic mass is 32.2. The zero-order valence-corrected chi connectivity index (χ0v) is 17.0. The van der Waals surface area contributed by atoms with Crippen LogP contribution in [0.25, 0.3) is 0 Å². The number of ketones is 1. The van der Waals surface area contributed by atoms with Gasteiger partial charge in [-0.25, -0.2) is 4.98 Å². The summed E-state index contributed by atoms with van der Waals surface area (Å²) in [5.41, 5.74) is 0.591. The summed E-state index contributed by atoms with van der Waals surface area (Å²) in [6, 6.07) is 13.7. The number of nitrogens with zero attached hydrogens (tertiary/aromatic N) is 1. The van der Waals surface area contributed by atoms with Crippen LogP contribution in [-0.2, 0) is 0 Å². The molecule has 8 heteroatoms. The van der Waals surface area contributed by atoms with E-state index in [-0.39, 0.29) is 17.3 Å². The number of carbonyl (C=O) groups is 1. The number of Topliss-reactive ketones (excluding diaryl/α,β-unsaturated/α-hetero) is 1. The first kappa shape index (κ1) is 20.5. The smallest absolute Gasteiger partial charge is 0.294 e. The molecule has 150 valence electrons. The van der Waals surface area contributed by atoms with Gasteiger partial charge in [0.15, 0.2) is 10.9 Å². The second kappa shape index (κ2) is 9.29. The number of methoxy groups -OCH3 is 2. The van der Waals surface area contributed by atoms with Gasteiger partial charge < -0.3 is 14.2 Å². The zero-order valence-electron chi connectivity index (χ0n) is 16.2. The number of rotatable bonds is 8. The Labute approximate surface area is 172 Å². The van der Waals surface area contributed by atoms with E-state index < -0.39 is 5.56 Å². The minimum atomic E-state index is -0.410. The number of hydrogen-bond donors (Lipinski definition) is 1. The summed E-state index contributed by atoms with van der Waals surface area (Å²) in [5.74, 6) is 2.05. The maximum absolute atomic E-state index is 12.4. The minimum absolute atomic E-state index is 0.0727. The molecule has 0 fully saturated rings. The van der Waals surface area contributed by atoms with E-state index >= 15 is 0 Å². The van der Waals surface area contributed by atoms with Crippen molar-refractivity contribution < 1.29 is 19.0 Å². The summed E-state index contributed by atoms with van der Waals surface area (Å²) < 4.78 is 15.8. The molecule has 0 spiro atoms. The van der Waals surface area contributed by atoms with E-state index in [2.05, 4.69) is 9.97 Å². The Morgan fingerprint density at radius 1 is 0.966 bits per heavy atom. The Kier molecular flexibility index (Phi) is 6.56. The molecule has 1 N–H and O–H groups in total. The molecule has 0 amide bonds. The predicted molar refractivity (Wildman–Crippen MR) is 111 cm³/mol.